The van der Waals surface area contributed by atoms with Gasteiger partial charge in [0, 0.05) is 37.0 Å². The first-order chi connectivity index (χ1) is 20.0. The molecule has 0 spiro atoms. The van der Waals surface area contributed by atoms with Crippen LogP contribution in [-0.2, 0) is 32.6 Å². The molecule has 0 aromatic heterocycles. The van der Waals surface area contributed by atoms with Gasteiger partial charge in [-0.3, -0.25) is 13.9 Å². The molecular weight excluding hydrogens is 574 g/mol. The van der Waals surface area contributed by atoms with Gasteiger partial charge < -0.3 is 15.0 Å². The van der Waals surface area contributed by atoms with Crippen molar-refractivity contribution in [3.63, 3.8) is 0 Å². The van der Waals surface area contributed by atoms with Gasteiger partial charge in [-0.1, -0.05) is 61.0 Å². The molecule has 0 heterocycles. The molecule has 0 aliphatic heterocycles. The number of hydrogen-bond donors (Lipinski definition) is 1. The van der Waals surface area contributed by atoms with Crippen LogP contribution in [0, 0.1) is 0 Å². The second-order valence-corrected chi connectivity index (χ2v) is 12.7. The average molecular weight is 614 g/mol. The maximum absolute atomic E-state index is 13.9. The highest BCUT2D eigenvalue weighted by molar-refractivity contribution is 7.92. The lowest BCUT2D eigenvalue weighted by molar-refractivity contribution is -0.141. The Morgan fingerprint density at radius 1 is 0.976 bits per heavy atom. The number of nitrogens with zero attached hydrogens (tertiary/aromatic N) is 2. The second kappa shape index (κ2) is 15.6. The maximum atomic E-state index is 13.9. The Morgan fingerprint density at radius 3 is 2.26 bits per heavy atom. The standard InChI is InChI=1S/C32H40ClN3O5S/c1-5-24(2)34-32(38)30(22-25-11-7-6-8-12-25)35(23-26-13-9-14-29(21-26)41-3)31(37)15-10-20-36(42(4,39)40)28-18-16-27(33)17-19-28/h6-9,11-14,16-19,21,24,30H,5,10,15,20,22-23H2,1-4H3,(H,34,38)/t24-,30-/m1/s1. The van der Waals surface area contributed by atoms with Crippen molar-refractivity contribution in [2.24, 2.45) is 0 Å². The molecule has 0 saturated carbocycles. The molecule has 0 aliphatic carbocycles. The van der Waals surface area contributed by atoms with Crippen LogP contribution in [0.5, 0.6) is 5.75 Å². The minimum absolute atomic E-state index is 0.0471. The molecule has 2 atom stereocenters. The van der Waals surface area contributed by atoms with Gasteiger partial charge in [-0.05, 0) is 67.3 Å². The molecular formula is C32H40ClN3O5S. The molecule has 10 heteroatoms. The summed E-state index contributed by atoms with van der Waals surface area (Å²) in [5, 5.41) is 3.55. The van der Waals surface area contributed by atoms with Gasteiger partial charge in [0.05, 0.1) is 19.1 Å². The average Bonchev–Trinajstić information content (AvgIpc) is 2.97. The van der Waals surface area contributed by atoms with Crippen molar-refractivity contribution in [3.05, 3.63) is 95.0 Å². The fourth-order valence-electron chi connectivity index (χ4n) is 4.57. The zero-order valence-electron chi connectivity index (χ0n) is 24.6. The highest BCUT2D eigenvalue weighted by Gasteiger charge is 2.31. The Kier molecular flexibility index (Phi) is 12.2. The van der Waals surface area contributed by atoms with Gasteiger partial charge >= 0.3 is 0 Å². The summed E-state index contributed by atoms with van der Waals surface area (Å²) in [5.74, 6) is 0.168. The number of benzene rings is 3. The number of hydrogen-bond acceptors (Lipinski definition) is 5. The van der Waals surface area contributed by atoms with Crippen LogP contribution in [0.4, 0.5) is 5.69 Å². The predicted octanol–water partition coefficient (Wildman–Crippen LogP) is 5.45. The zero-order valence-corrected chi connectivity index (χ0v) is 26.2. The quantitative estimate of drug-likeness (QED) is 0.246. The normalized spacial score (nSPS) is 12.7. The molecule has 0 radical (unpaired) electrons. The van der Waals surface area contributed by atoms with E-state index in [1.165, 1.54) is 4.31 Å². The molecule has 0 fully saturated rings. The molecule has 226 valence electrons. The minimum atomic E-state index is -3.60. The van der Waals surface area contributed by atoms with Gasteiger partial charge in [0.25, 0.3) is 0 Å². The van der Waals surface area contributed by atoms with Gasteiger partial charge in [-0.2, -0.15) is 0 Å². The van der Waals surface area contributed by atoms with Crippen molar-refractivity contribution < 1.29 is 22.7 Å². The van der Waals surface area contributed by atoms with Crippen LogP contribution in [0.1, 0.15) is 44.2 Å². The Labute approximate surface area is 254 Å². The fourth-order valence-corrected chi connectivity index (χ4v) is 5.67. The first-order valence-electron chi connectivity index (χ1n) is 14.0. The lowest BCUT2D eigenvalue weighted by Gasteiger charge is -2.33. The molecule has 0 bridgehead atoms. The summed E-state index contributed by atoms with van der Waals surface area (Å²) in [6.07, 6.45) is 2.52. The van der Waals surface area contributed by atoms with Crippen LogP contribution >= 0.6 is 11.6 Å². The van der Waals surface area contributed by atoms with Crippen LogP contribution < -0.4 is 14.4 Å². The summed E-state index contributed by atoms with van der Waals surface area (Å²) in [6.45, 7) is 4.21. The number of anilines is 1. The summed E-state index contributed by atoms with van der Waals surface area (Å²) in [4.78, 5) is 29.2. The van der Waals surface area contributed by atoms with Crippen molar-refractivity contribution in [2.45, 2.75) is 58.2 Å². The SMILES string of the molecule is CC[C@@H](C)NC(=O)[C@@H](Cc1ccccc1)N(Cc1cccc(OC)c1)C(=O)CCCN(c1ccc(Cl)cc1)S(C)(=O)=O. The van der Waals surface area contributed by atoms with Crippen LogP contribution in [0.2, 0.25) is 5.02 Å². The third kappa shape index (κ3) is 9.77. The van der Waals surface area contributed by atoms with E-state index < -0.39 is 16.1 Å². The van der Waals surface area contributed by atoms with Crippen LogP contribution in [0.25, 0.3) is 0 Å². The molecule has 8 nitrogen and oxygen atoms in total. The first kappa shape index (κ1) is 32.9. The summed E-state index contributed by atoms with van der Waals surface area (Å²) < 4.78 is 31.8. The van der Waals surface area contributed by atoms with E-state index in [0.717, 1.165) is 23.8 Å². The minimum Gasteiger partial charge on any atom is -0.497 e. The number of sulfonamides is 1. The van der Waals surface area contributed by atoms with Crippen LogP contribution in [-0.4, -0.2) is 57.1 Å². The number of ether oxygens (including phenoxy) is 1. The smallest absolute Gasteiger partial charge is 0.243 e. The summed E-state index contributed by atoms with van der Waals surface area (Å²) >= 11 is 5.99. The number of methoxy groups -OCH3 is 1. The number of rotatable bonds is 15. The van der Waals surface area contributed by atoms with Crippen molar-refractivity contribution in [1.29, 1.82) is 0 Å². The monoisotopic (exact) mass is 613 g/mol. The lowest BCUT2D eigenvalue weighted by atomic mass is 10.0. The van der Waals surface area contributed by atoms with E-state index in [1.54, 1.807) is 36.3 Å². The summed E-state index contributed by atoms with van der Waals surface area (Å²) in [6, 6.07) is 22.7. The van der Waals surface area contributed by atoms with Crippen LogP contribution in [0.3, 0.4) is 0 Å². The predicted molar refractivity (Wildman–Crippen MR) is 168 cm³/mol. The van der Waals surface area contributed by atoms with Crippen molar-refractivity contribution in [2.75, 3.05) is 24.2 Å². The van der Waals surface area contributed by atoms with Gasteiger partial charge in [-0.15, -0.1) is 0 Å². The van der Waals surface area contributed by atoms with E-state index in [0.29, 0.717) is 22.9 Å². The molecule has 0 aliphatic rings. The van der Waals surface area contributed by atoms with E-state index in [1.807, 2.05) is 68.4 Å². The van der Waals surface area contributed by atoms with Crippen molar-refractivity contribution in [3.8, 4) is 5.75 Å². The molecule has 3 aromatic rings. The van der Waals surface area contributed by atoms with Gasteiger partial charge in [0.15, 0.2) is 0 Å². The Morgan fingerprint density at radius 2 is 1.64 bits per heavy atom. The fraction of sp³-hybridized carbons (Fsp3) is 0.375. The molecule has 3 aromatic carbocycles. The Bertz CT molecular complexity index is 1420. The summed E-state index contributed by atoms with van der Waals surface area (Å²) in [7, 11) is -2.03. The second-order valence-electron chi connectivity index (χ2n) is 10.3. The Hall–Kier alpha value is -3.56. The molecule has 42 heavy (non-hydrogen) atoms. The number of nitrogens with one attached hydrogen (secondary N) is 1. The van der Waals surface area contributed by atoms with Gasteiger partial charge in [0.1, 0.15) is 11.8 Å². The third-order valence-electron chi connectivity index (χ3n) is 7.03. The third-order valence-corrected chi connectivity index (χ3v) is 8.47. The highest BCUT2D eigenvalue weighted by Crippen LogP contribution is 2.23. The maximum Gasteiger partial charge on any atom is 0.243 e. The van der Waals surface area contributed by atoms with Gasteiger partial charge in [-0.25, -0.2) is 8.42 Å². The van der Waals surface area contributed by atoms with E-state index >= 15 is 0 Å². The van der Waals surface area contributed by atoms with E-state index in [9.17, 15) is 18.0 Å². The van der Waals surface area contributed by atoms with Crippen molar-refractivity contribution in [1.82, 2.24) is 10.2 Å². The number of carbonyl (C=O) groups excluding carboxylic acids is 2. The topological polar surface area (TPSA) is 96.0 Å². The number of carbonyl (C=O) groups is 2. The Balaban J connectivity index is 1.90. The van der Waals surface area contributed by atoms with Crippen molar-refractivity contribution >= 4 is 39.1 Å². The van der Waals surface area contributed by atoms with E-state index in [4.69, 9.17) is 16.3 Å². The zero-order chi connectivity index (χ0) is 30.7. The summed E-state index contributed by atoms with van der Waals surface area (Å²) in [5.41, 5.74) is 2.21. The largest absolute Gasteiger partial charge is 0.497 e. The van der Waals surface area contributed by atoms with Gasteiger partial charge in [0.2, 0.25) is 21.8 Å². The molecule has 0 unspecified atom stereocenters. The van der Waals surface area contributed by atoms with E-state index in [-0.39, 0.29) is 43.8 Å². The first-order valence-corrected chi connectivity index (χ1v) is 16.2. The number of halogens is 1. The number of amides is 2. The molecule has 0 saturated heterocycles. The molecule has 1 N–H and O–H groups in total. The van der Waals surface area contributed by atoms with E-state index in [2.05, 4.69) is 5.32 Å². The lowest BCUT2D eigenvalue weighted by Crippen LogP contribution is -2.52. The highest BCUT2D eigenvalue weighted by atomic mass is 35.5. The van der Waals surface area contributed by atoms with Crippen LogP contribution in [0.15, 0.2) is 78.9 Å². The molecule has 2 amide bonds. The molecule has 3 rings (SSSR count).